The van der Waals surface area contributed by atoms with Crippen LogP contribution in [0.5, 0.6) is 0 Å². The quantitative estimate of drug-likeness (QED) is 0.882. The van der Waals surface area contributed by atoms with Crippen LogP contribution in [0.2, 0.25) is 0 Å². The van der Waals surface area contributed by atoms with E-state index < -0.39 is 0 Å². The van der Waals surface area contributed by atoms with E-state index in [1.807, 2.05) is 12.5 Å². The third-order valence-corrected chi connectivity index (χ3v) is 3.89. The van der Waals surface area contributed by atoms with Gasteiger partial charge >= 0.3 is 0 Å². The average Bonchev–Trinajstić information content (AvgIpc) is 2.89. The van der Waals surface area contributed by atoms with Crippen molar-refractivity contribution in [3.8, 4) is 10.7 Å². The lowest BCUT2D eigenvalue weighted by molar-refractivity contribution is 0.677. The molecule has 3 rings (SSSR count). The van der Waals surface area contributed by atoms with Crippen molar-refractivity contribution in [1.82, 2.24) is 19.9 Å². The number of hydrogen-bond donors (Lipinski definition) is 1. The van der Waals surface area contributed by atoms with Crippen molar-refractivity contribution in [2.24, 2.45) is 0 Å². The summed E-state index contributed by atoms with van der Waals surface area (Å²) < 4.78 is 2.12. The summed E-state index contributed by atoms with van der Waals surface area (Å²) in [5, 5.41) is 6.69. The van der Waals surface area contributed by atoms with Crippen LogP contribution in [0.1, 0.15) is 25.5 Å². The van der Waals surface area contributed by atoms with Crippen molar-refractivity contribution in [1.29, 1.82) is 0 Å². The molecule has 1 aliphatic rings. The molecule has 0 atom stereocenters. The summed E-state index contributed by atoms with van der Waals surface area (Å²) in [7, 11) is 0. The molecule has 1 fully saturated rings. The molecule has 0 aliphatic heterocycles. The van der Waals surface area contributed by atoms with Crippen molar-refractivity contribution in [2.75, 3.05) is 0 Å². The van der Waals surface area contributed by atoms with E-state index in [1.165, 1.54) is 12.8 Å². The minimum Gasteiger partial charge on any atom is -0.329 e. The lowest BCUT2D eigenvalue weighted by atomic mass is 10.4. The van der Waals surface area contributed by atoms with Gasteiger partial charge in [-0.1, -0.05) is 0 Å². The van der Waals surface area contributed by atoms with Gasteiger partial charge in [0, 0.05) is 24.5 Å². The number of imidazole rings is 1. The SMILES string of the molecule is CCn1cncc1-c1nc(CNC2CC2)cs1. The summed E-state index contributed by atoms with van der Waals surface area (Å²) in [4.78, 5) is 8.83. The largest absolute Gasteiger partial charge is 0.329 e. The van der Waals surface area contributed by atoms with Crippen molar-refractivity contribution in [3.05, 3.63) is 23.6 Å². The van der Waals surface area contributed by atoms with Crippen LogP contribution in [0, 0.1) is 0 Å². The van der Waals surface area contributed by atoms with E-state index in [4.69, 9.17) is 0 Å². The standard InChI is InChI=1S/C12H16N4S/c1-2-16-8-13-6-11(16)12-15-10(7-17-12)5-14-9-3-4-9/h6-9,14H,2-5H2,1H3. The Morgan fingerprint density at radius 1 is 1.53 bits per heavy atom. The van der Waals surface area contributed by atoms with Crippen molar-refractivity contribution in [2.45, 2.75) is 38.9 Å². The van der Waals surface area contributed by atoms with Crippen LogP contribution in [-0.2, 0) is 13.1 Å². The molecule has 17 heavy (non-hydrogen) atoms. The maximum atomic E-state index is 4.66. The number of aromatic nitrogens is 3. The molecule has 0 aromatic carbocycles. The molecule has 2 heterocycles. The molecule has 4 nitrogen and oxygen atoms in total. The Balaban J connectivity index is 1.74. The first-order valence-corrected chi connectivity index (χ1v) is 6.93. The normalized spacial score (nSPS) is 15.4. The van der Waals surface area contributed by atoms with E-state index in [1.54, 1.807) is 11.3 Å². The van der Waals surface area contributed by atoms with Crippen molar-refractivity contribution in [3.63, 3.8) is 0 Å². The Morgan fingerprint density at radius 2 is 2.41 bits per heavy atom. The van der Waals surface area contributed by atoms with Crippen LogP contribution in [0.15, 0.2) is 17.9 Å². The summed E-state index contributed by atoms with van der Waals surface area (Å²) in [5.41, 5.74) is 2.26. The molecule has 0 radical (unpaired) electrons. The molecule has 1 N–H and O–H groups in total. The highest BCUT2D eigenvalue weighted by molar-refractivity contribution is 7.13. The second-order valence-electron chi connectivity index (χ2n) is 4.36. The van der Waals surface area contributed by atoms with Crippen molar-refractivity contribution < 1.29 is 0 Å². The van der Waals surface area contributed by atoms with Gasteiger partial charge < -0.3 is 9.88 Å². The monoisotopic (exact) mass is 248 g/mol. The first-order chi connectivity index (χ1) is 8.36. The Labute approximate surface area is 105 Å². The van der Waals surface area contributed by atoms with Crippen LogP contribution in [0.25, 0.3) is 10.7 Å². The third-order valence-electron chi connectivity index (χ3n) is 2.97. The molecule has 1 aliphatic carbocycles. The lowest BCUT2D eigenvalue weighted by Gasteiger charge is -2.01. The maximum absolute atomic E-state index is 4.66. The van der Waals surface area contributed by atoms with Crippen LogP contribution >= 0.6 is 11.3 Å². The highest BCUT2D eigenvalue weighted by atomic mass is 32.1. The van der Waals surface area contributed by atoms with Gasteiger partial charge in [0.05, 0.1) is 23.9 Å². The third kappa shape index (κ3) is 2.40. The van der Waals surface area contributed by atoms with E-state index in [0.29, 0.717) is 0 Å². The Kier molecular flexibility index (Phi) is 2.94. The number of hydrogen-bond acceptors (Lipinski definition) is 4. The van der Waals surface area contributed by atoms with Crippen LogP contribution in [-0.4, -0.2) is 20.6 Å². The first-order valence-electron chi connectivity index (χ1n) is 6.05. The van der Waals surface area contributed by atoms with Crippen molar-refractivity contribution >= 4 is 11.3 Å². The maximum Gasteiger partial charge on any atom is 0.141 e. The molecule has 2 aromatic heterocycles. The number of nitrogens with one attached hydrogen (secondary N) is 1. The molecule has 5 heteroatoms. The molecule has 0 bridgehead atoms. The second kappa shape index (κ2) is 4.58. The van der Waals surface area contributed by atoms with Crippen LogP contribution < -0.4 is 5.32 Å². The number of rotatable bonds is 5. The Hall–Kier alpha value is -1.20. The van der Waals surface area contributed by atoms with Gasteiger partial charge in [0.25, 0.3) is 0 Å². The van der Waals surface area contributed by atoms with E-state index in [0.717, 1.165) is 35.5 Å². The van der Waals surface area contributed by atoms with Crippen LogP contribution in [0.4, 0.5) is 0 Å². The van der Waals surface area contributed by atoms with E-state index >= 15 is 0 Å². The topological polar surface area (TPSA) is 42.7 Å². The average molecular weight is 248 g/mol. The molecular formula is C12H16N4S. The summed E-state index contributed by atoms with van der Waals surface area (Å²) in [5.74, 6) is 0. The van der Waals surface area contributed by atoms with E-state index in [9.17, 15) is 0 Å². The van der Waals surface area contributed by atoms with Gasteiger partial charge in [-0.25, -0.2) is 9.97 Å². The molecular weight excluding hydrogens is 232 g/mol. The minimum absolute atomic E-state index is 0.737. The molecule has 90 valence electrons. The van der Waals surface area contributed by atoms with Gasteiger partial charge in [-0.3, -0.25) is 0 Å². The van der Waals surface area contributed by atoms with Crippen LogP contribution in [0.3, 0.4) is 0 Å². The molecule has 0 spiro atoms. The zero-order valence-corrected chi connectivity index (χ0v) is 10.7. The minimum atomic E-state index is 0.737. The Morgan fingerprint density at radius 3 is 3.18 bits per heavy atom. The van der Waals surface area contributed by atoms with Gasteiger partial charge in [-0.15, -0.1) is 11.3 Å². The Bertz CT molecular complexity index is 498. The molecule has 0 unspecified atom stereocenters. The van der Waals surface area contributed by atoms with Gasteiger partial charge in [-0.2, -0.15) is 0 Å². The second-order valence-corrected chi connectivity index (χ2v) is 5.22. The smallest absolute Gasteiger partial charge is 0.141 e. The molecule has 0 saturated heterocycles. The highest BCUT2D eigenvalue weighted by Crippen LogP contribution is 2.24. The lowest BCUT2D eigenvalue weighted by Crippen LogP contribution is -2.15. The molecule has 1 saturated carbocycles. The molecule has 0 amide bonds. The summed E-state index contributed by atoms with van der Waals surface area (Å²) >= 11 is 1.70. The predicted octanol–water partition coefficient (Wildman–Crippen LogP) is 2.28. The molecule has 2 aromatic rings. The fourth-order valence-corrected chi connectivity index (χ4v) is 2.64. The van der Waals surface area contributed by atoms with Gasteiger partial charge in [0.1, 0.15) is 5.01 Å². The number of aryl methyl sites for hydroxylation is 1. The summed E-state index contributed by atoms with van der Waals surface area (Å²) in [6.45, 7) is 3.94. The van der Waals surface area contributed by atoms with E-state index in [-0.39, 0.29) is 0 Å². The number of nitrogens with zero attached hydrogens (tertiary/aromatic N) is 3. The summed E-state index contributed by atoms with van der Waals surface area (Å²) in [6.07, 6.45) is 6.39. The zero-order valence-electron chi connectivity index (χ0n) is 9.89. The number of thiazole rings is 1. The first kappa shape index (κ1) is 10.9. The zero-order chi connectivity index (χ0) is 11.7. The predicted molar refractivity (Wildman–Crippen MR) is 68.9 cm³/mol. The van der Waals surface area contributed by atoms with Gasteiger partial charge in [0.15, 0.2) is 0 Å². The van der Waals surface area contributed by atoms with Gasteiger partial charge in [0.2, 0.25) is 0 Å². The fraction of sp³-hybridized carbons (Fsp3) is 0.500. The fourth-order valence-electron chi connectivity index (χ4n) is 1.79. The van der Waals surface area contributed by atoms with E-state index in [2.05, 4.69) is 32.2 Å². The summed E-state index contributed by atoms with van der Waals surface area (Å²) in [6, 6.07) is 0.737. The highest BCUT2D eigenvalue weighted by Gasteiger charge is 2.20. The van der Waals surface area contributed by atoms with Gasteiger partial charge in [-0.05, 0) is 19.8 Å².